The van der Waals surface area contributed by atoms with Gasteiger partial charge in [-0.15, -0.1) is 0 Å². The van der Waals surface area contributed by atoms with E-state index in [4.69, 9.17) is 9.47 Å². The number of rotatable bonds is 3. The molecule has 22 heavy (non-hydrogen) atoms. The normalized spacial score (nSPS) is 32.1. The largest absolute Gasteiger partial charge is 0.460 e. The van der Waals surface area contributed by atoms with E-state index in [-0.39, 0.29) is 0 Å². The van der Waals surface area contributed by atoms with Crippen LogP contribution in [0.1, 0.15) is 0 Å². The molecule has 0 spiro atoms. The van der Waals surface area contributed by atoms with Gasteiger partial charge < -0.3 is 29.9 Å². The van der Waals surface area contributed by atoms with Crippen molar-refractivity contribution in [2.24, 2.45) is 0 Å². The quantitative estimate of drug-likeness (QED) is 0.600. The highest BCUT2D eigenvalue weighted by atomic mass is 16.7. The summed E-state index contributed by atoms with van der Waals surface area (Å²) in [7, 11) is 0. The van der Waals surface area contributed by atoms with Gasteiger partial charge in [0.2, 0.25) is 6.29 Å². The summed E-state index contributed by atoms with van der Waals surface area (Å²) < 4.78 is 10.9. The van der Waals surface area contributed by atoms with Crippen LogP contribution < -0.4 is 4.74 Å². The van der Waals surface area contributed by atoms with Gasteiger partial charge in [0.05, 0.1) is 6.61 Å². The van der Waals surface area contributed by atoms with Crippen LogP contribution in [0.4, 0.5) is 0 Å². The molecule has 4 N–H and O–H groups in total. The molecule has 1 fully saturated rings. The summed E-state index contributed by atoms with van der Waals surface area (Å²) in [5.74, 6) is 0.377. The monoisotopic (exact) mass is 307 g/mol. The number of pyridine rings is 1. The molecule has 0 amide bonds. The zero-order chi connectivity index (χ0) is 15.7. The van der Waals surface area contributed by atoms with Crippen LogP contribution in [0, 0.1) is 0 Å². The Kier molecular flexibility index (Phi) is 4.23. The van der Waals surface area contributed by atoms with Crippen molar-refractivity contribution in [3.63, 3.8) is 0 Å². The van der Waals surface area contributed by atoms with E-state index in [1.807, 2.05) is 12.1 Å². The van der Waals surface area contributed by atoms with Crippen LogP contribution in [0.3, 0.4) is 0 Å². The summed E-state index contributed by atoms with van der Waals surface area (Å²) in [6.07, 6.45) is -4.95. The second-order valence-electron chi connectivity index (χ2n) is 5.15. The fourth-order valence-electron chi connectivity index (χ4n) is 2.46. The van der Waals surface area contributed by atoms with Gasteiger partial charge in [-0.05, 0) is 12.1 Å². The molecule has 7 heteroatoms. The number of aromatic nitrogens is 1. The van der Waals surface area contributed by atoms with E-state index in [1.54, 1.807) is 24.4 Å². The van der Waals surface area contributed by atoms with Crippen LogP contribution in [0.15, 0.2) is 36.5 Å². The Bertz CT molecular complexity index is 643. The van der Waals surface area contributed by atoms with Gasteiger partial charge in [0.25, 0.3) is 0 Å². The molecule has 5 atom stereocenters. The molecule has 0 bridgehead atoms. The lowest BCUT2D eigenvalue weighted by molar-refractivity contribution is -0.277. The molecule has 1 aliphatic rings. The van der Waals surface area contributed by atoms with Gasteiger partial charge in [-0.2, -0.15) is 0 Å². The van der Waals surface area contributed by atoms with Crippen molar-refractivity contribution in [3.05, 3.63) is 36.5 Å². The Morgan fingerprint density at radius 2 is 1.82 bits per heavy atom. The van der Waals surface area contributed by atoms with Crippen molar-refractivity contribution in [1.29, 1.82) is 0 Å². The number of ether oxygens (including phenoxy) is 2. The number of fused-ring (bicyclic) bond motifs is 1. The van der Waals surface area contributed by atoms with Crippen molar-refractivity contribution in [2.45, 2.75) is 30.7 Å². The molecule has 118 valence electrons. The predicted octanol–water partition coefficient (Wildman–Crippen LogP) is -0.587. The van der Waals surface area contributed by atoms with Crippen molar-refractivity contribution in [2.75, 3.05) is 6.61 Å². The Morgan fingerprint density at radius 1 is 1.05 bits per heavy atom. The minimum atomic E-state index is -1.47. The van der Waals surface area contributed by atoms with Crippen LogP contribution in [-0.2, 0) is 4.74 Å². The molecule has 1 saturated heterocycles. The van der Waals surface area contributed by atoms with Gasteiger partial charge in [0, 0.05) is 11.6 Å². The highest BCUT2D eigenvalue weighted by Crippen LogP contribution is 2.28. The fraction of sp³-hybridized carbons (Fsp3) is 0.400. The predicted molar refractivity (Wildman–Crippen MR) is 76.1 cm³/mol. The third kappa shape index (κ3) is 2.65. The van der Waals surface area contributed by atoms with Gasteiger partial charge in [-0.3, -0.25) is 4.98 Å². The third-order valence-corrected chi connectivity index (χ3v) is 3.69. The van der Waals surface area contributed by atoms with E-state index in [0.29, 0.717) is 11.3 Å². The first-order valence-corrected chi connectivity index (χ1v) is 6.92. The zero-order valence-electron chi connectivity index (χ0n) is 11.6. The van der Waals surface area contributed by atoms with Gasteiger partial charge in [0.1, 0.15) is 35.7 Å². The summed E-state index contributed by atoms with van der Waals surface area (Å²) in [4.78, 5) is 4.22. The van der Waals surface area contributed by atoms with Crippen LogP contribution in [0.2, 0.25) is 0 Å². The number of aliphatic hydroxyl groups excluding tert-OH is 4. The fourth-order valence-corrected chi connectivity index (χ4v) is 2.46. The molecule has 2 aromatic rings. The summed E-state index contributed by atoms with van der Waals surface area (Å²) in [6.45, 7) is -0.501. The Hall–Kier alpha value is -1.77. The van der Waals surface area contributed by atoms with Crippen molar-refractivity contribution in [1.82, 2.24) is 4.98 Å². The maximum atomic E-state index is 9.99. The van der Waals surface area contributed by atoms with Crippen molar-refractivity contribution >= 4 is 10.9 Å². The highest BCUT2D eigenvalue weighted by Gasteiger charge is 2.44. The molecule has 1 aromatic carbocycles. The van der Waals surface area contributed by atoms with E-state index in [1.165, 1.54) is 0 Å². The smallest absolute Gasteiger partial charge is 0.229 e. The van der Waals surface area contributed by atoms with Gasteiger partial charge in [-0.1, -0.05) is 18.2 Å². The topological polar surface area (TPSA) is 112 Å². The molecule has 7 nitrogen and oxygen atoms in total. The highest BCUT2D eigenvalue weighted by molar-refractivity contribution is 5.84. The zero-order valence-corrected chi connectivity index (χ0v) is 11.6. The van der Waals surface area contributed by atoms with E-state index >= 15 is 0 Å². The molecule has 3 rings (SSSR count). The van der Waals surface area contributed by atoms with Crippen LogP contribution in [0.5, 0.6) is 5.75 Å². The molecule has 0 unspecified atom stereocenters. The average Bonchev–Trinajstić information content (AvgIpc) is 2.55. The van der Waals surface area contributed by atoms with Crippen molar-refractivity contribution in [3.8, 4) is 5.75 Å². The first-order valence-electron chi connectivity index (χ1n) is 6.92. The van der Waals surface area contributed by atoms with Crippen molar-refractivity contribution < 1.29 is 29.9 Å². The number of para-hydroxylation sites is 1. The number of hydrogen-bond donors (Lipinski definition) is 4. The Morgan fingerprint density at radius 3 is 2.59 bits per heavy atom. The average molecular weight is 307 g/mol. The number of aliphatic hydroxyl groups is 4. The van der Waals surface area contributed by atoms with E-state index in [2.05, 4.69) is 4.98 Å². The summed E-state index contributed by atoms with van der Waals surface area (Å²) >= 11 is 0. The van der Waals surface area contributed by atoms with E-state index in [9.17, 15) is 20.4 Å². The van der Waals surface area contributed by atoms with Crippen LogP contribution >= 0.6 is 0 Å². The SMILES string of the molecule is OC[C@H]1O[C@@H](Oc2cccc3cccnc23)[C@H](O)[C@@H](O)[C@@H]1O. The lowest BCUT2D eigenvalue weighted by Gasteiger charge is -2.39. The number of hydrogen-bond acceptors (Lipinski definition) is 7. The molecular weight excluding hydrogens is 290 g/mol. The number of nitrogens with zero attached hydrogens (tertiary/aromatic N) is 1. The van der Waals surface area contributed by atoms with Gasteiger partial charge in [0.15, 0.2) is 0 Å². The van der Waals surface area contributed by atoms with E-state index < -0.39 is 37.3 Å². The first kappa shape index (κ1) is 15.1. The van der Waals surface area contributed by atoms with Crippen LogP contribution in [-0.4, -0.2) is 62.7 Å². The lowest BCUT2D eigenvalue weighted by Crippen LogP contribution is -2.60. The minimum Gasteiger partial charge on any atom is -0.460 e. The summed E-state index contributed by atoms with van der Waals surface area (Å²) in [6, 6.07) is 8.95. The summed E-state index contributed by atoms with van der Waals surface area (Å²) in [5.41, 5.74) is 0.585. The third-order valence-electron chi connectivity index (χ3n) is 3.69. The second kappa shape index (κ2) is 6.15. The minimum absolute atomic E-state index is 0.377. The number of benzene rings is 1. The van der Waals surface area contributed by atoms with Gasteiger partial charge >= 0.3 is 0 Å². The molecule has 2 heterocycles. The molecular formula is C15H17NO6. The first-order chi connectivity index (χ1) is 10.6. The summed E-state index contributed by atoms with van der Waals surface area (Å²) in [5, 5.41) is 39.5. The maximum Gasteiger partial charge on any atom is 0.229 e. The molecule has 1 aromatic heterocycles. The standard InChI is InChI=1S/C15H17NO6/c17-7-10-12(18)13(19)14(20)15(22-10)21-9-5-1-3-8-4-2-6-16-11(8)9/h1-6,10,12-15,17-20H,7H2/t10-,12-,13+,14-,15-/m1/s1. The Labute approximate surface area is 126 Å². The van der Waals surface area contributed by atoms with Crippen LogP contribution in [0.25, 0.3) is 10.9 Å². The lowest BCUT2D eigenvalue weighted by atomic mass is 9.99. The molecule has 0 radical (unpaired) electrons. The Balaban J connectivity index is 1.87. The van der Waals surface area contributed by atoms with Gasteiger partial charge in [-0.25, -0.2) is 0 Å². The maximum absolute atomic E-state index is 9.99. The molecule has 0 aliphatic carbocycles. The van der Waals surface area contributed by atoms with E-state index in [0.717, 1.165) is 5.39 Å². The second-order valence-corrected chi connectivity index (χ2v) is 5.15. The molecule has 0 saturated carbocycles. The molecule has 1 aliphatic heterocycles.